The van der Waals surface area contributed by atoms with Gasteiger partial charge in [0, 0.05) is 35.8 Å². The molecule has 2 rings (SSSR count). The summed E-state index contributed by atoms with van der Waals surface area (Å²) in [6.45, 7) is 2.56. The highest BCUT2D eigenvalue weighted by atomic mass is 15.1. The van der Waals surface area contributed by atoms with Gasteiger partial charge in [-0.25, -0.2) is 4.98 Å². The van der Waals surface area contributed by atoms with E-state index >= 15 is 0 Å². The van der Waals surface area contributed by atoms with Gasteiger partial charge in [0.15, 0.2) is 5.65 Å². The molecule has 0 saturated heterocycles. The maximum Gasteiger partial charge on any atom is 0.181 e. The van der Waals surface area contributed by atoms with Crippen LogP contribution in [0.4, 0.5) is 0 Å². The Hall–Kier alpha value is -1.86. The molecule has 0 aromatic carbocycles. The Morgan fingerprint density at radius 3 is 3.20 bits per heavy atom. The van der Waals surface area contributed by atoms with Gasteiger partial charge in [-0.2, -0.15) is 5.10 Å². The van der Waals surface area contributed by atoms with Gasteiger partial charge in [0.05, 0.1) is 0 Å². The monoisotopic (exact) mass is 200 g/mol. The number of pyridine rings is 1. The molecule has 0 aliphatic carbocycles. The third kappa shape index (κ3) is 1.97. The van der Waals surface area contributed by atoms with Gasteiger partial charge in [-0.05, 0) is 13.0 Å². The van der Waals surface area contributed by atoms with Crippen molar-refractivity contribution in [3.63, 3.8) is 0 Å². The van der Waals surface area contributed by atoms with Crippen LogP contribution in [0.3, 0.4) is 0 Å². The minimum atomic E-state index is 0.591. The third-order valence-corrected chi connectivity index (χ3v) is 2.10. The molecule has 0 radical (unpaired) electrons. The molecule has 2 heterocycles. The van der Waals surface area contributed by atoms with E-state index in [1.165, 1.54) is 0 Å². The predicted molar refractivity (Wildman–Crippen MR) is 59.2 cm³/mol. The van der Waals surface area contributed by atoms with Crippen molar-refractivity contribution in [3.05, 3.63) is 23.5 Å². The van der Waals surface area contributed by atoms with Crippen LogP contribution >= 0.6 is 0 Å². The van der Waals surface area contributed by atoms with Crippen LogP contribution in [-0.2, 0) is 0 Å². The topological polar surface area (TPSA) is 67.6 Å². The lowest BCUT2D eigenvalue weighted by Gasteiger charge is -1.91. The minimum Gasteiger partial charge on any atom is -0.330 e. The first-order valence-corrected chi connectivity index (χ1v) is 4.81. The van der Waals surface area contributed by atoms with Crippen LogP contribution in [0.25, 0.3) is 11.0 Å². The first-order chi connectivity index (χ1) is 7.31. The molecular formula is C11H12N4. The van der Waals surface area contributed by atoms with E-state index in [1.807, 2.05) is 13.0 Å². The number of aryl methyl sites for hydroxylation is 1. The van der Waals surface area contributed by atoms with Crippen molar-refractivity contribution < 1.29 is 0 Å². The molecule has 2 aromatic rings. The van der Waals surface area contributed by atoms with Gasteiger partial charge in [0.25, 0.3) is 0 Å². The maximum absolute atomic E-state index is 5.36. The number of aromatic nitrogens is 3. The summed E-state index contributed by atoms with van der Waals surface area (Å²) in [5.74, 6) is 6.00. The smallest absolute Gasteiger partial charge is 0.181 e. The van der Waals surface area contributed by atoms with E-state index in [9.17, 15) is 0 Å². The van der Waals surface area contributed by atoms with Gasteiger partial charge >= 0.3 is 0 Å². The SMILES string of the molecule is Cc1[nH]nc2ncc(C#CCCN)cc12. The van der Waals surface area contributed by atoms with Crippen LogP contribution in [0.2, 0.25) is 0 Å². The Bertz CT molecular complexity index is 530. The predicted octanol–water partition coefficient (Wildman–Crippen LogP) is 0.967. The van der Waals surface area contributed by atoms with E-state index in [-0.39, 0.29) is 0 Å². The fraction of sp³-hybridized carbons (Fsp3) is 0.273. The highest BCUT2D eigenvalue weighted by molar-refractivity contribution is 5.78. The second-order valence-corrected chi connectivity index (χ2v) is 3.28. The van der Waals surface area contributed by atoms with Gasteiger partial charge < -0.3 is 5.73 Å². The lowest BCUT2D eigenvalue weighted by Crippen LogP contribution is -1.95. The van der Waals surface area contributed by atoms with Crippen molar-refractivity contribution in [2.24, 2.45) is 5.73 Å². The molecule has 0 spiro atoms. The summed E-state index contributed by atoms with van der Waals surface area (Å²) in [4.78, 5) is 4.20. The van der Waals surface area contributed by atoms with E-state index < -0.39 is 0 Å². The maximum atomic E-state index is 5.36. The van der Waals surface area contributed by atoms with E-state index in [0.29, 0.717) is 13.0 Å². The van der Waals surface area contributed by atoms with E-state index in [2.05, 4.69) is 27.0 Å². The van der Waals surface area contributed by atoms with E-state index in [4.69, 9.17) is 5.73 Å². The van der Waals surface area contributed by atoms with Crippen LogP contribution < -0.4 is 5.73 Å². The Morgan fingerprint density at radius 1 is 1.53 bits per heavy atom. The summed E-state index contributed by atoms with van der Waals surface area (Å²) >= 11 is 0. The normalized spacial score (nSPS) is 10.0. The van der Waals surface area contributed by atoms with E-state index in [1.54, 1.807) is 6.20 Å². The van der Waals surface area contributed by atoms with Crippen LogP contribution in [-0.4, -0.2) is 21.7 Å². The van der Waals surface area contributed by atoms with Gasteiger partial charge in [-0.3, -0.25) is 5.10 Å². The van der Waals surface area contributed by atoms with Crippen LogP contribution in [0.1, 0.15) is 17.7 Å². The molecule has 76 valence electrons. The molecule has 4 heteroatoms. The minimum absolute atomic E-state index is 0.591. The molecule has 0 aliphatic heterocycles. The van der Waals surface area contributed by atoms with Crippen LogP contribution in [0, 0.1) is 18.8 Å². The molecule has 0 atom stereocenters. The molecule has 0 bridgehead atoms. The van der Waals surface area contributed by atoms with Gasteiger partial charge in [-0.1, -0.05) is 11.8 Å². The summed E-state index contributed by atoms with van der Waals surface area (Å²) < 4.78 is 0. The zero-order valence-electron chi connectivity index (χ0n) is 8.54. The summed E-state index contributed by atoms with van der Waals surface area (Å²) in [6, 6.07) is 1.99. The third-order valence-electron chi connectivity index (χ3n) is 2.10. The second kappa shape index (κ2) is 4.11. The summed E-state index contributed by atoms with van der Waals surface area (Å²) in [5.41, 5.74) is 8.01. The molecule has 0 unspecified atom stereocenters. The summed E-state index contributed by atoms with van der Waals surface area (Å²) in [6.07, 6.45) is 2.44. The Kier molecular flexibility index (Phi) is 2.66. The average molecular weight is 200 g/mol. The number of nitrogens with one attached hydrogen (secondary N) is 1. The summed E-state index contributed by atoms with van der Waals surface area (Å²) in [7, 11) is 0. The van der Waals surface area contributed by atoms with Crippen LogP contribution in [0.15, 0.2) is 12.3 Å². The van der Waals surface area contributed by atoms with Gasteiger partial charge in [0.2, 0.25) is 0 Å². The van der Waals surface area contributed by atoms with Crippen molar-refractivity contribution in [3.8, 4) is 11.8 Å². The molecular weight excluding hydrogens is 188 g/mol. The average Bonchev–Trinajstić information content (AvgIpc) is 2.61. The molecule has 0 amide bonds. The fourth-order valence-corrected chi connectivity index (χ4v) is 1.32. The fourth-order valence-electron chi connectivity index (χ4n) is 1.32. The molecule has 0 fully saturated rings. The second-order valence-electron chi connectivity index (χ2n) is 3.28. The lowest BCUT2D eigenvalue weighted by molar-refractivity contribution is 1.03. The number of rotatable bonds is 1. The quantitative estimate of drug-likeness (QED) is 0.674. The number of aromatic amines is 1. The number of hydrogen-bond acceptors (Lipinski definition) is 3. The standard InChI is InChI=1S/C11H12N4/c1-8-10-6-9(4-2-3-5-12)7-13-11(10)15-14-8/h6-7H,3,5,12H2,1H3,(H,13,14,15). The van der Waals surface area contributed by atoms with Crippen molar-refractivity contribution in [2.75, 3.05) is 6.54 Å². The zero-order chi connectivity index (χ0) is 10.7. The first kappa shape index (κ1) is 9.69. The van der Waals surface area contributed by atoms with Crippen molar-refractivity contribution in [1.82, 2.24) is 15.2 Å². The van der Waals surface area contributed by atoms with Gasteiger partial charge in [0.1, 0.15) is 0 Å². The molecule has 0 aliphatic rings. The first-order valence-electron chi connectivity index (χ1n) is 4.81. The molecule has 15 heavy (non-hydrogen) atoms. The Morgan fingerprint density at radius 2 is 2.40 bits per heavy atom. The highest BCUT2D eigenvalue weighted by Gasteiger charge is 2.01. The van der Waals surface area contributed by atoms with Crippen molar-refractivity contribution in [1.29, 1.82) is 0 Å². The largest absolute Gasteiger partial charge is 0.330 e. The number of fused-ring (bicyclic) bond motifs is 1. The molecule has 0 saturated carbocycles. The molecule has 4 nitrogen and oxygen atoms in total. The highest BCUT2D eigenvalue weighted by Crippen LogP contribution is 2.13. The lowest BCUT2D eigenvalue weighted by atomic mass is 10.2. The zero-order valence-corrected chi connectivity index (χ0v) is 8.54. The Labute approximate surface area is 87.9 Å². The van der Waals surface area contributed by atoms with E-state index in [0.717, 1.165) is 22.3 Å². The number of hydrogen-bond donors (Lipinski definition) is 2. The van der Waals surface area contributed by atoms with Crippen molar-refractivity contribution >= 4 is 11.0 Å². The number of H-pyrrole nitrogens is 1. The molecule has 2 aromatic heterocycles. The van der Waals surface area contributed by atoms with Crippen LogP contribution in [0.5, 0.6) is 0 Å². The molecule has 3 N–H and O–H groups in total. The van der Waals surface area contributed by atoms with Gasteiger partial charge in [-0.15, -0.1) is 0 Å². The Balaban J connectivity index is 2.38. The number of nitrogens with two attached hydrogens (primary N) is 1. The van der Waals surface area contributed by atoms with Crippen molar-refractivity contribution in [2.45, 2.75) is 13.3 Å². The number of nitrogens with zero attached hydrogens (tertiary/aromatic N) is 2. The summed E-state index contributed by atoms with van der Waals surface area (Å²) in [5, 5.41) is 7.96.